The minimum Gasteiger partial charge on any atom is -0.503 e. The Bertz CT molecular complexity index is 1040. The Kier molecular flexibility index (Phi) is 5.36. The van der Waals surface area contributed by atoms with Crippen LogP contribution in [0.5, 0.6) is 5.75 Å². The van der Waals surface area contributed by atoms with Crippen molar-refractivity contribution in [3.63, 3.8) is 0 Å². The SMILES string of the molecule is Cc1c(O)c(=O)ccn1C(C)(C)CC(C)Cn1cc(-c2ccccc2F)nn1. The number of hydrogen-bond donors (Lipinski definition) is 1. The summed E-state index contributed by atoms with van der Waals surface area (Å²) < 4.78 is 17.6. The molecular formula is C21H25FN4O2. The maximum atomic E-state index is 13.9. The van der Waals surface area contributed by atoms with Crippen LogP contribution in [0.4, 0.5) is 4.39 Å². The van der Waals surface area contributed by atoms with Crippen LogP contribution in [0.3, 0.4) is 0 Å². The summed E-state index contributed by atoms with van der Waals surface area (Å²) in [6.07, 6.45) is 4.25. The Labute approximate surface area is 163 Å². The molecule has 0 aliphatic rings. The normalized spacial score (nSPS) is 12.9. The predicted octanol–water partition coefficient (Wildman–Crippen LogP) is 3.72. The highest BCUT2D eigenvalue weighted by molar-refractivity contribution is 5.58. The van der Waals surface area contributed by atoms with E-state index in [4.69, 9.17) is 0 Å². The molecule has 3 aromatic rings. The van der Waals surface area contributed by atoms with E-state index in [0.717, 1.165) is 6.42 Å². The summed E-state index contributed by atoms with van der Waals surface area (Å²) in [4.78, 5) is 11.6. The van der Waals surface area contributed by atoms with Crippen molar-refractivity contribution >= 4 is 0 Å². The average Bonchev–Trinajstić information content (AvgIpc) is 3.07. The smallest absolute Gasteiger partial charge is 0.223 e. The van der Waals surface area contributed by atoms with E-state index in [1.165, 1.54) is 12.1 Å². The highest BCUT2D eigenvalue weighted by atomic mass is 19.1. The van der Waals surface area contributed by atoms with E-state index < -0.39 is 0 Å². The van der Waals surface area contributed by atoms with Crippen molar-refractivity contribution in [2.45, 2.75) is 46.2 Å². The molecule has 2 heterocycles. The van der Waals surface area contributed by atoms with Crippen LogP contribution in [-0.2, 0) is 12.1 Å². The number of pyridine rings is 1. The van der Waals surface area contributed by atoms with Crippen LogP contribution in [0.1, 0.15) is 32.9 Å². The molecule has 0 radical (unpaired) electrons. The van der Waals surface area contributed by atoms with Crippen LogP contribution in [0.15, 0.2) is 47.5 Å². The van der Waals surface area contributed by atoms with Gasteiger partial charge in [-0.3, -0.25) is 9.48 Å². The van der Waals surface area contributed by atoms with Gasteiger partial charge < -0.3 is 9.67 Å². The number of halogens is 1. The molecule has 1 atom stereocenters. The van der Waals surface area contributed by atoms with Gasteiger partial charge >= 0.3 is 0 Å². The number of rotatable bonds is 6. The summed E-state index contributed by atoms with van der Waals surface area (Å²) in [6, 6.07) is 7.88. The molecule has 0 bridgehead atoms. The largest absolute Gasteiger partial charge is 0.503 e. The summed E-state index contributed by atoms with van der Waals surface area (Å²) in [5, 5.41) is 18.2. The zero-order chi connectivity index (χ0) is 20.5. The first-order valence-electron chi connectivity index (χ1n) is 9.26. The van der Waals surface area contributed by atoms with Gasteiger partial charge in [0.15, 0.2) is 5.75 Å². The van der Waals surface area contributed by atoms with Gasteiger partial charge in [-0.2, -0.15) is 0 Å². The van der Waals surface area contributed by atoms with Crippen molar-refractivity contribution in [1.82, 2.24) is 19.6 Å². The number of aromatic nitrogens is 4. The summed E-state index contributed by atoms with van der Waals surface area (Å²) in [5.41, 5.74) is 0.795. The molecule has 0 saturated heterocycles. The van der Waals surface area contributed by atoms with Gasteiger partial charge in [0.1, 0.15) is 11.5 Å². The summed E-state index contributed by atoms with van der Waals surface area (Å²) in [7, 11) is 0. The molecule has 0 fully saturated rings. The van der Waals surface area contributed by atoms with Crippen LogP contribution in [-0.4, -0.2) is 24.7 Å². The molecule has 6 nitrogen and oxygen atoms in total. The first-order chi connectivity index (χ1) is 13.2. The lowest BCUT2D eigenvalue weighted by molar-refractivity contribution is 0.246. The molecule has 1 aromatic carbocycles. The molecule has 1 unspecified atom stereocenters. The summed E-state index contributed by atoms with van der Waals surface area (Å²) >= 11 is 0. The molecule has 1 N–H and O–H groups in total. The molecule has 0 saturated carbocycles. The number of hydrogen-bond acceptors (Lipinski definition) is 4. The van der Waals surface area contributed by atoms with Crippen LogP contribution < -0.4 is 5.43 Å². The summed E-state index contributed by atoms with van der Waals surface area (Å²) in [6.45, 7) is 8.58. The van der Waals surface area contributed by atoms with Crippen molar-refractivity contribution in [1.29, 1.82) is 0 Å². The van der Waals surface area contributed by atoms with E-state index >= 15 is 0 Å². The van der Waals surface area contributed by atoms with Crippen molar-refractivity contribution in [2.24, 2.45) is 5.92 Å². The molecule has 0 aliphatic carbocycles. The van der Waals surface area contributed by atoms with Gasteiger partial charge in [0.05, 0.1) is 11.9 Å². The molecular weight excluding hydrogens is 359 g/mol. The minimum atomic E-state index is -0.374. The van der Waals surface area contributed by atoms with E-state index in [1.54, 1.807) is 42.2 Å². The lowest BCUT2D eigenvalue weighted by atomic mass is 9.90. The Morgan fingerprint density at radius 3 is 2.68 bits per heavy atom. The molecule has 3 rings (SSSR count). The standard InChI is InChI=1S/C21H25FN4O2/c1-14(11-21(3,4)26-10-9-19(27)20(28)15(26)2)12-25-13-18(23-24-25)16-7-5-6-8-17(16)22/h5-10,13-14,28H,11-12H2,1-4H3. The first kappa shape index (κ1) is 19.8. The maximum Gasteiger partial charge on any atom is 0.223 e. The third-order valence-corrected chi connectivity index (χ3v) is 5.00. The van der Waals surface area contributed by atoms with Gasteiger partial charge in [-0.05, 0) is 45.2 Å². The van der Waals surface area contributed by atoms with E-state index in [-0.39, 0.29) is 28.5 Å². The predicted molar refractivity (Wildman–Crippen MR) is 106 cm³/mol. The molecule has 148 valence electrons. The maximum absolute atomic E-state index is 13.9. The van der Waals surface area contributed by atoms with Gasteiger partial charge in [-0.15, -0.1) is 5.10 Å². The quantitative estimate of drug-likeness (QED) is 0.703. The number of nitrogens with zero attached hydrogens (tertiary/aromatic N) is 4. The fourth-order valence-electron chi connectivity index (χ4n) is 3.80. The zero-order valence-electron chi connectivity index (χ0n) is 16.6. The highest BCUT2D eigenvalue weighted by Gasteiger charge is 2.25. The van der Waals surface area contributed by atoms with E-state index in [0.29, 0.717) is 23.5 Å². The highest BCUT2D eigenvalue weighted by Crippen LogP contribution is 2.28. The van der Waals surface area contributed by atoms with Crippen molar-refractivity contribution in [3.8, 4) is 17.0 Å². The lowest BCUT2D eigenvalue weighted by Crippen LogP contribution is -2.32. The van der Waals surface area contributed by atoms with E-state index in [2.05, 4.69) is 31.1 Å². The Morgan fingerprint density at radius 2 is 1.96 bits per heavy atom. The summed E-state index contributed by atoms with van der Waals surface area (Å²) in [5.74, 6) is -0.308. The number of aromatic hydroxyl groups is 1. The van der Waals surface area contributed by atoms with E-state index in [9.17, 15) is 14.3 Å². The van der Waals surface area contributed by atoms with Gasteiger partial charge in [0.25, 0.3) is 0 Å². The third kappa shape index (κ3) is 3.98. The van der Waals surface area contributed by atoms with Gasteiger partial charge in [0, 0.05) is 29.9 Å². The zero-order valence-corrected chi connectivity index (χ0v) is 16.6. The Hall–Kier alpha value is -2.96. The van der Waals surface area contributed by atoms with Crippen LogP contribution in [0.2, 0.25) is 0 Å². The van der Waals surface area contributed by atoms with Crippen LogP contribution in [0.25, 0.3) is 11.3 Å². The Morgan fingerprint density at radius 1 is 1.25 bits per heavy atom. The fourth-order valence-corrected chi connectivity index (χ4v) is 3.80. The van der Waals surface area contributed by atoms with Crippen LogP contribution in [0, 0.1) is 18.7 Å². The second kappa shape index (κ2) is 7.58. The number of benzene rings is 1. The Balaban J connectivity index is 1.74. The first-order valence-corrected chi connectivity index (χ1v) is 9.26. The third-order valence-electron chi connectivity index (χ3n) is 5.00. The molecule has 0 spiro atoms. The van der Waals surface area contributed by atoms with Crippen molar-refractivity contribution in [3.05, 3.63) is 64.5 Å². The van der Waals surface area contributed by atoms with Crippen molar-refractivity contribution in [2.75, 3.05) is 0 Å². The van der Waals surface area contributed by atoms with Gasteiger partial charge in [-0.1, -0.05) is 24.3 Å². The average molecular weight is 384 g/mol. The molecule has 7 heteroatoms. The minimum absolute atomic E-state index is 0.214. The lowest BCUT2D eigenvalue weighted by Gasteiger charge is -2.33. The fraction of sp³-hybridized carbons (Fsp3) is 0.381. The molecule has 2 aromatic heterocycles. The second-order valence-electron chi connectivity index (χ2n) is 7.91. The van der Waals surface area contributed by atoms with Gasteiger partial charge in [0.2, 0.25) is 5.43 Å². The van der Waals surface area contributed by atoms with Crippen molar-refractivity contribution < 1.29 is 9.50 Å². The molecule has 28 heavy (non-hydrogen) atoms. The van der Waals surface area contributed by atoms with E-state index in [1.807, 2.05) is 4.57 Å². The van der Waals surface area contributed by atoms with Gasteiger partial charge in [-0.25, -0.2) is 4.39 Å². The molecule has 0 amide bonds. The molecule has 0 aliphatic heterocycles. The topological polar surface area (TPSA) is 72.9 Å². The monoisotopic (exact) mass is 384 g/mol. The van der Waals surface area contributed by atoms with Crippen LogP contribution >= 0.6 is 0 Å². The second-order valence-corrected chi connectivity index (χ2v) is 7.91.